The average molecular weight is 130 g/mol. The van der Waals surface area contributed by atoms with Gasteiger partial charge in [-0.15, -0.1) is 0 Å². The molecule has 0 aromatic rings. The molecule has 3 heteroatoms. The van der Waals surface area contributed by atoms with Crippen molar-refractivity contribution in [1.29, 1.82) is 0 Å². The van der Waals surface area contributed by atoms with Gasteiger partial charge in [0, 0.05) is 0 Å². The van der Waals surface area contributed by atoms with Gasteiger partial charge in [0.1, 0.15) is 0 Å². The highest BCUT2D eigenvalue weighted by Gasteiger charge is 1.99. The van der Waals surface area contributed by atoms with Crippen molar-refractivity contribution in [3.8, 4) is 0 Å². The molecule has 0 amide bonds. The van der Waals surface area contributed by atoms with Crippen molar-refractivity contribution in [2.24, 2.45) is 0 Å². The van der Waals surface area contributed by atoms with Crippen LogP contribution in [-0.2, 0) is 4.79 Å². The molecule has 0 rings (SSSR count). The van der Waals surface area contributed by atoms with Crippen molar-refractivity contribution in [1.82, 2.24) is 0 Å². The average Bonchev–Trinajstić information content (AvgIpc) is 1.82. The Morgan fingerprint density at radius 2 is 2.11 bits per heavy atom. The molecule has 0 unspecified atom stereocenters. The van der Waals surface area contributed by atoms with Gasteiger partial charge >= 0.3 is 5.97 Å². The minimum Gasteiger partial charge on any atom is -0.502 e. The van der Waals surface area contributed by atoms with E-state index in [1.54, 1.807) is 0 Å². The number of hydrogen-bond acceptors (Lipinski definition) is 2. The molecule has 0 saturated carbocycles. The first kappa shape index (κ1) is 8.01. The van der Waals surface area contributed by atoms with E-state index < -0.39 is 11.7 Å². The quantitative estimate of drug-likeness (QED) is 0.447. The maximum Gasteiger partial charge on any atom is 0.370 e. The lowest BCUT2D eigenvalue weighted by Gasteiger charge is -1.88. The molecule has 0 heterocycles. The highest BCUT2D eigenvalue weighted by Crippen LogP contribution is 1.94. The Kier molecular flexibility index (Phi) is 3.51. The molecule has 2 N–H and O–H groups in total. The van der Waals surface area contributed by atoms with Gasteiger partial charge in [-0.3, -0.25) is 0 Å². The summed E-state index contributed by atoms with van der Waals surface area (Å²) in [5, 5.41) is 16.6. The molecular formula is C6H10O3. The van der Waals surface area contributed by atoms with Gasteiger partial charge in [0.25, 0.3) is 0 Å². The third-order valence-corrected chi connectivity index (χ3v) is 0.845. The molecule has 0 atom stereocenters. The number of hydrogen-bond donors (Lipinski definition) is 2. The lowest BCUT2D eigenvalue weighted by molar-refractivity contribution is -0.135. The standard InChI is InChI=1S/C6H10O3/c1-2-3-4-5(7)6(8)9/h4,7H,2-3H2,1H3,(H,8,9)/b5-4+. The van der Waals surface area contributed by atoms with Gasteiger partial charge in [-0.25, -0.2) is 4.79 Å². The predicted octanol–water partition coefficient (Wildman–Crippen LogP) is 1.31. The molecule has 3 nitrogen and oxygen atoms in total. The minimum atomic E-state index is -1.26. The van der Waals surface area contributed by atoms with Crippen LogP contribution in [0.2, 0.25) is 0 Å². The Labute approximate surface area is 53.6 Å². The van der Waals surface area contributed by atoms with Crippen LogP contribution in [0.4, 0.5) is 0 Å². The maximum atomic E-state index is 9.89. The van der Waals surface area contributed by atoms with Crippen molar-refractivity contribution < 1.29 is 15.0 Å². The van der Waals surface area contributed by atoms with E-state index in [-0.39, 0.29) is 0 Å². The molecule has 0 radical (unpaired) electrons. The van der Waals surface area contributed by atoms with E-state index in [0.29, 0.717) is 6.42 Å². The Hall–Kier alpha value is -0.990. The predicted molar refractivity (Wildman–Crippen MR) is 33.3 cm³/mol. The monoisotopic (exact) mass is 130 g/mol. The summed E-state index contributed by atoms with van der Waals surface area (Å²) in [4.78, 5) is 9.89. The molecule has 0 aromatic carbocycles. The summed E-state index contributed by atoms with van der Waals surface area (Å²) in [7, 11) is 0. The van der Waals surface area contributed by atoms with Gasteiger partial charge in [-0.1, -0.05) is 13.3 Å². The zero-order valence-corrected chi connectivity index (χ0v) is 5.29. The van der Waals surface area contributed by atoms with Gasteiger partial charge < -0.3 is 10.2 Å². The normalized spacial score (nSPS) is 11.4. The van der Waals surface area contributed by atoms with Crippen molar-refractivity contribution in [2.75, 3.05) is 0 Å². The molecular weight excluding hydrogens is 120 g/mol. The molecule has 0 saturated heterocycles. The molecule has 52 valence electrons. The summed E-state index contributed by atoms with van der Waals surface area (Å²) >= 11 is 0. The molecule has 0 bridgehead atoms. The van der Waals surface area contributed by atoms with Gasteiger partial charge in [0.2, 0.25) is 0 Å². The van der Waals surface area contributed by atoms with Crippen LogP contribution in [0.1, 0.15) is 19.8 Å². The number of aliphatic carboxylic acids is 1. The molecule has 0 aliphatic rings. The SMILES string of the molecule is CCC/C=C(/O)C(=O)O. The summed E-state index contributed by atoms with van der Waals surface area (Å²) in [6, 6.07) is 0. The molecule has 0 aromatic heterocycles. The summed E-state index contributed by atoms with van der Waals surface area (Å²) < 4.78 is 0. The maximum absolute atomic E-state index is 9.89. The van der Waals surface area contributed by atoms with Crippen LogP contribution in [0.25, 0.3) is 0 Å². The van der Waals surface area contributed by atoms with Crippen molar-refractivity contribution >= 4 is 5.97 Å². The fraction of sp³-hybridized carbons (Fsp3) is 0.500. The lowest BCUT2D eigenvalue weighted by Crippen LogP contribution is -1.98. The summed E-state index contributed by atoms with van der Waals surface area (Å²) in [5.74, 6) is -1.82. The van der Waals surface area contributed by atoms with E-state index in [2.05, 4.69) is 0 Å². The highest BCUT2D eigenvalue weighted by molar-refractivity contribution is 5.83. The zero-order chi connectivity index (χ0) is 7.28. The van der Waals surface area contributed by atoms with E-state index in [0.717, 1.165) is 6.42 Å². The largest absolute Gasteiger partial charge is 0.502 e. The molecule has 0 aliphatic heterocycles. The van der Waals surface area contributed by atoms with Gasteiger partial charge in [-0.05, 0) is 12.5 Å². The molecule has 0 spiro atoms. The fourth-order valence-electron chi connectivity index (χ4n) is 0.368. The van der Waals surface area contributed by atoms with Crippen LogP contribution in [0.3, 0.4) is 0 Å². The van der Waals surface area contributed by atoms with E-state index in [4.69, 9.17) is 10.2 Å². The Morgan fingerprint density at radius 3 is 2.44 bits per heavy atom. The van der Waals surface area contributed by atoms with Crippen LogP contribution in [-0.4, -0.2) is 16.2 Å². The van der Waals surface area contributed by atoms with Crippen LogP contribution in [0.15, 0.2) is 11.8 Å². The Balaban J connectivity index is 3.69. The van der Waals surface area contributed by atoms with Gasteiger partial charge in [-0.2, -0.15) is 0 Å². The summed E-state index contributed by atoms with van der Waals surface area (Å²) in [6.45, 7) is 1.91. The van der Waals surface area contributed by atoms with Crippen LogP contribution >= 0.6 is 0 Å². The second-order valence-electron chi connectivity index (χ2n) is 1.68. The Morgan fingerprint density at radius 1 is 1.56 bits per heavy atom. The zero-order valence-electron chi connectivity index (χ0n) is 5.29. The first-order valence-electron chi connectivity index (χ1n) is 2.81. The summed E-state index contributed by atoms with van der Waals surface area (Å²) in [6.07, 6.45) is 2.75. The lowest BCUT2D eigenvalue weighted by atomic mass is 10.3. The molecule has 0 aliphatic carbocycles. The third-order valence-electron chi connectivity index (χ3n) is 0.845. The fourth-order valence-corrected chi connectivity index (χ4v) is 0.368. The number of allylic oxidation sites excluding steroid dienone is 1. The molecule has 9 heavy (non-hydrogen) atoms. The van der Waals surface area contributed by atoms with Crippen molar-refractivity contribution in [3.63, 3.8) is 0 Å². The number of aliphatic hydroxyl groups excluding tert-OH is 1. The number of carboxylic acid groups (broad SMARTS) is 1. The van der Waals surface area contributed by atoms with Crippen LogP contribution in [0.5, 0.6) is 0 Å². The van der Waals surface area contributed by atoms with Crippen molar-refractivity contribution in [2.45, 2.75) is 19.8 Å². The topological polar surface area (TPSA) is 57.5 Å². The number of carboxylic acids is 1. The third kappa shape index (κ3) is 3.58. The second kappa shape index (κ2) is 3.95. The number of unbranched alkanes of at least 4 members (excludes halogenated alkanes) is 1. The van der Waals surface area contributed by atoms with Crippen LogP contribution < -0.4 is 0 Å². The smallest absolute Gasteiger partial charge is 0.370 e. The first-order valence-corrected chi connectivity index (χ1v) is 2.81. The first-order chi connectivity index (χ1) is 4.18. The minimum absolute atomic E-state index is 0.558. The number of rotatable bonds is 3. The van der Waals surface area contributed by atoms with Crippen molar-refractivity contribution in [3.05, 3.63) is 11.8 Å². The van der Waals surface area contributed by atoms with E-state index >= 15 is 0 Å². The van der Waals surface area contributed by atoms with Gasteiger partial charge in [0.05, 0.1) is 0 Å². The van der Waals surface area contributed by atoms with E-state index in [1.807, 2.05) is 6.92 Å². The summed E-state index contributed by atoms with van der Waals surface area (Å²) in [5.41, 5.74) is 0. The Bertz CT molecular complexity index is 126. The number of aliphatic hydroxyl groups is 1. The van der Waals surface area contributed by atoms with E-state index in [1.165, 1.54) is 6.08 Å². The van der Waals surface area contributed by atoms with E-state index in [9.17, 15) is 4.79 Å². The molecule has 0 fully saturated rings. The number of carbonyl (C=O) groups is 1. The van der Waals surface area contributed by atoms with Gasteiger partial charge in [0.15, 0.2) is 5.76 Å². The van der Waals surface area contributed by atoms with Crippen LogP contribution in [0, 0.1) is 0 Å². The highest BCUT2D eigenvalue weighted by atomic mass is 16.4. The second-order valence-corrected chi connectivity index (χ2v) is 1.68.